The van der Waals surface area contributed by atoms with Crippen molar-refractivity contribution in [1.29, 1.82) is 0 Å². The highest BCUT2D eigenvalue weighted by molar-refractivity contribution is 7.99. The number of furan rings is 1. The number of aromatic nitrogens is 2. The summed E-state index contributed by atoms with van der Waals surface area (Å²) in [5.41, 5.74) is 0.438. The average Bonchev–Trinajstić information content (AvgIpc) is 3.32. The van der Waals surface area contributed by atoms with Gasteiger partial charge in [0.05, 0.1) is 42.1 Å². The van der Waals surface area contributed by atoms with E-state index in [2.05, 4.69) is 4.98 Å². The van der Waals surface area contributed by atoms with Gasteiger partial charge in [-0.25, -0.2) is 9.78 Å². The summed E-state index contributed by atoms with van der Waals surface area (Å²) < 4.78 is 11.7. The molecule has 1 aliphatic rings. The summed E-state index contributed by atoms with van der Waals surface area (Å²) in [6.07, 6.45) is 4.73. The van der Waals surface area contributed by atoms with E-state index >= 15 is 0 Å². The smallest absolute Gasteiger partial charge is 0.337 e. The topological polar surface area (TPSA) is 94.6 Å². The minimum absolute atomic E-state index is 0.0342. The minimum atomic E-state index is -0.502. The number of hydrogen-bond acceptors (Lipinski definition) is 7. The minimum Gasteiger partial charge on any atom is -0.467 e. The predicted molar refractivity (Wildman–Crippen MR) is 116 cm³/mol. The first-order valence-corrected chi connectivity index (χ1v) is 11.1. The molecule has 0 radical (unpaired) electrons. The number of amides is 1. The zero-order valence-corrected chi connectivity index (χ0v) is 18.0. The fourth-order valence-electron chi connectivity index (χ4n) is 3.61. The summed E-state index contributed by atoms with van der Waals surface area (Å²) in [5, 5.41) is 0.784. The molecule has 0 spiro atoms. The molecule has 0 N–H and O–H groups in total. The molecule has 0 bridgehead atoms. The van der Waals surface area contributed by atoms with Gasteiger partial charge in [-0.15, -0.1) is 0 Å². The van der Waals surface area contributed by atoms with Crippen LogP contribution in [0.1, 0.15) is 35.4 Å². The van der Waals surface area contributed by atoms with E-state index in [1.54, 1.807) is 30.5 Å². The van der Waals surface area contributed by atoms with E-state index in [-0.39, 0.29) is 23.8 Å². The van der Waals surface area contributed by atoms with Crippen molar-refractivity contribution in [1.82, 2.24) is 14.5 Å². The number of carbonyl (C=O) groups is 2. The highest BCUT2D eigenvalue weighted by Gasteiger charge is 2.20. The average molecular weight is 442 g/mol. The molecule has 1 saturated heterocycles. The van der Waals surface area contributed by atoms with Crippen LogP contribution in [-0.4, -0.2) is 52.3 Å². The first-order valence-electron chi connectivity index (χ1n) is 10.1. The maximum absolute atomic E-state index is 13.2. The van der Waals surface area contributed by atoms with E-state index in [1.807, 2.05) is 4.90 Å². The number of esters is 1. The van der Waals surface area contributed by atoms with E-state index in [4.69, 9.17) is 9.15 Å². The summed E-state index contributed by atoms with van der Waals surface area (Å²) in [7, 11) is 1.30. The molecule has 3 aromatic rings. The van der Waals surface area contributed by atoms with Gasteiger partial charge in [0.15, 0.2) is 5.16 Å². The summed E-state index contributed by atoms with van der Waals surface area (Å²) in [5.74, 6) is 0.329. The van der Waals surface area contributed by atoms with E-state index in [1.165, 1.54) is 29.5 Å². The molecule has 9 heteroatoms. The SMILES string of the molecule is COC(=O)c1ccc2c(=O)n(Cc3ccco3)c(SCC(=O)N3CCCCC3)nc2c1. The lowest BCUT2D eigenvalue weighted by molar-refractivity contribution is -0.129. The molecule has 0 aliphatic carbocycles. The van der Waals surface area contributed by atoms with E-state index < -0.39 is 5.97 Å². The first kappa shape index (κ1) is 21.2. The molecule has 1 amide bonds. The maximum atomic E-state index is 13.2. The van der Waals surface area contributed by atoms with Crippen molar-refractivity contribution in [2.45, 2.75) is 31.0 Å². The number of nitrogens with zero attached hydrogens (tertiary/aromatic N) is 3. The van der Waals surface area contributed by atoms with Crippen LogP contribution < -0.4 is 5.56 Å². The van der Waals surface area contributed by atoms with Gasteiger partial charge >= 0.3 is 5.97 Å². The zero-order valence-electron chi connectivity index (χ0n) is 17.2. The number of fused-ring (bicyclic) bond motifs is 1. The van der Waals surface area contributed by atoms with Gasteiger partial charge in [-0.3, -0.25) is 14.2 Å². The van der Waals surface area contributed by atoms with Crippen LogP contribution in [-0.2, 0) is 16.1 Å². The van der Waals surface area contributed by atoms with Crippen molar-refractivity contribution >= 4 is 34.5 Å². The molecule has 0 atom stereocenters. The molecule has 1 fully saturated rings. The first-order chi connectivity index (χ1) is 15.1. The zero-order chi connectivity index (χ0) is 21.8. The molecule has 8 nitrogen and oxygen atoms in total. The van der Waals surface area contributed by atoms with Crippen LogP contribution >= 0.6 is 11.8 Å². The third-order valence-corrected chi connectivity index (χ3v) is 6.23. The second-order valence-electron chi connectivity index (χ2n) is 7.32. The molecule has 0 unspecified atom stereocenters. The van der Waals surface area contributed by atoms with Crippen LogP contribution in [0, 0.1) is 0 Å². The Morgan fingerprint density at radius 2 is 2.00 bits per heavy atom. The molecule has 31 heavy (non-hydrogen) atoms. The van der Waals surface area contributed by atoms with Crippen molar-refractivity contribution in [3.05, 3.63) is 58.3 Å². The number of ether oxygens (including phenoxy) is 1. The van der Waals surface area contributed by atoms with Crippen molar-refractivity contribution in [2.24, 2.45) is 0 Å². The number of thioether (sulfide) groups is 1. The van der Waals surface area contributed by atoms with Crippen LogP contribution in [0.4, 0.5) is 0 Å². The lowest BCUT2D eigenvalue weighted by Crippen LogP contribution is -2.37. The van der Waals surface area contributed by atoms with Crippen LogP contribution in [0.5, 0.6) is 0 Å². The summed E-state index contributed by atoms with van der Waals surface area (Å²) in [6, 6.07) is 8.19. The lowest BCUT2D eigenvalue weighted by Gasteiger charge is -2.26. The highest BCUT2D eigenvalue weighted by Crippen LogP contribution is 2.21. The van der Waals surface area contributed by atoms with E-state index in [0.29, 0.717) is 27.4 Å². The van der Waals surface area contributed by atoms with Gasteiger partial charge in [0.2, 0.25) is 5.91 Å². The molecule has 2 aromatic heterocycles. The summed E-state index contributed by atoms with van der Waals surface area (Å²) in [4.78, 5) is 44.2. The molecule has 0 saturated carbocycles. The van der Waals surface area contributed by atoms with Crippen LogP contribution in [0.2, 0.25) is 0 Å². The van der Waals surface area contributed by atoms with Crippen LogP contribution in [0.15, 0.2) is 51.0 Å². The van der Waals surface area contributed by atoms with Gasteiger partial charge in [-0.1, -0.05) is 11.8 Å². The fourth-order valence-corrected chi connectivity index (χ4v) is 4.52. The number of piperidine rings is 1. The lowest BCUT2D eigenvalue weighted by atomic mass is 10.1. The highest BCUT2D eigenvalue weighted by atomic mass is 32.2. The van der Waals surface area contributed by atoms with Crippen molar-refractivity contribution in [2.75, 3.05) is 26.0 Å². The third-order valence-electron chi connectivity index (χ3n) is 5.27. The maximum Gasteiger partial charge on any atom is 0.337 e. The van der Waals surface area contributed by atoms with Gasteiger partial charge in [0.25, 0.3) is 5.56 Å². The second-order valence-corrected chi connectivity index (χ2v) is 8.26. The Bertz CT molecular complexity index is 1150. The molecule has 1 aliphatic heterocycles. The number of methoxy groups -OCH3 is 1. The Kier molecular flexibility index (Phi) is 6.41. The summed E-state index contributed by atoms with van der Waals surface area (Å²) >= 11 is 1.22. The Morgan fingerprint density at radius 1 is 1.19 bits per heavy atom. The summed E-state index contributed by atoms with van der Waals surface area (Å²) in [6.45, 7) is 1.74. The number of hydrogen-bond donors (Lipinski definition) is 0. The quantitative estimate of drug-likeness (QED) is 0.330. The van der Waals surface area contributed by atoms with E-state index in [9.17, 15) is 14.4 Å². The van der Waals surface area contributed by atoms with Gasteiger partial charge in [-0.05, 0) is 49.6 Å². The van der Waals surface area contributed by atoms with Gasteiger partial charge in [0, 0.05) is 13.1 Å². The van der Waals surface area contributed by atoms with Gasteiger partial charge in [-0.2, -0.15) is 0 Å². The molecule has 162 valence electrons. The third kappa shape index (κ3) is 4.66. The monoisotopic (exact) mass is 441 g/mol. The van der Waals surface area contributed by atoms with Crippen LogP contribution in [0.3, 0.4) is 0 Å². The number of likely N-dealkylation sites (tertiary alicyclic amines) is 1. The standard InChI is InChI=1S/C22H23N3O5S/c1-29-21(28)15-7-8-17-18(12-15)23-22(25(20(17)27)13-16-6-5-11-30-16)31-14-19(26)24-9-3-2-4-10-24/h5-8,11-12H,2-4,9-10,13-14H2,1H3. The van der Waals surface area contributed by atoms with Crippen molar-refractivity contribution < 1.29 is 18.7 Å². The Labute approximate surface area is 183 Å². The fraction of sp³-hybridized carbons (Fsp3) is 0.364. The van der Waals surface area contributed by atoms with Gasteiger partial charge in [0.1, 0.15) is 5.76 Å². The molecular weight excluding hydrogens is 418 g/mol. The van der Waals surface area contributed by atoms with E-state index in [0.717, 1.165) is 32.4 Å². The Morgan fingerprint density at radius 3 is 2.71 bits per heavy atom. The van der Waals surface area contributed by atoms with Crippen molar-refractivity contribution in [3.63, 3.8) is 0 Å². The molecule has 3 heterocycles. The number of benzene rings is 1. The molecule has 1 aromatic carbocycles. The Balaban J connectivity index is 1.69. The molecular formula is C22H23N3O5S. The number of carbonyl (C=O) groups excluding carboxylic acids is 2. The predicted octanol–water partition coefficient (Wildman–Crippen LogP) is 2.93. The Hall–Kier alpha value is -3.07. The second kappa shape index (κ2) is 9.38. The van der Waals surface area contributed by atoms with Crippen molar-refractivity contribution in [3.8, 4) is 0 Å². The van der Waals surface area contributed by atoms with Gasteiger partial charge < -0.3 is 14.1 Å². The largest absolute Gasteiger partial charge is 0.467 e. The van der Waals surface area contributed by atoms with Crippen LogP contribution in [0.25, 0.3) is 10.9 Å². The normalized spacial score (nSPS) is 14.0. The number of rotatable bonds is 6. The molecule has 4 rings (SSSR count).